The Kier molecular flexibility index (Phi) is 5.95. The van der Waals surface area contributed by atoms with E-state index in [1.165, 1.54) is 29.6 Å². The monoisotopic (exact) mass is 428 g/mol. The summed E-state index contributed by atoms with van der Waals surface area (Å²) in [7, 11) is -2.27. The fourth-order valence-electron chi connectivity index (χ4n) is 2.88. The average molecular weight is 429 g/mol. The van der Waals surface area contributed by atoms with Gasteiger partial charge < -0.3 is 10.1 Å². The van der Waals surface area contributed by atoms with E-state index in [4.69, 9.17) is 27.9 Å². The van der Waals surface area contributed by atoms with Gasteiger partial charge in [-0.3, -0.25) is 4.79 Å². The number of methoxy groups -OCH3 is 1. The molecule has 0 atom stereocenters. The number of halogens is 2. The van der Waals surface area contributed by atoms with Gasteiger partial charge in [0.2, 0.25) is 10.0 Å². The number of nitrogens with zero attached hydrogens (tertiary/aromatic N) is 1. The highest BCUT2D eigenvalue weighted by Crippen LogP contribution is 2.30. The molecule has 0 bridgehead atoms. The third kappa shape index (κ3) is 4.21. The fraction of sp³-hybridized carbons (Fsp3) is 0.278. The lowest BCUT2D eigenvalue weighted by Crippen LogP contribution is -2.28. The number of hydrogen-bond acceptors (Lipinski definition) is 4. The van der Waals surface area contributed by atoms with Crippen molar-refractivity contribution in [2.75, 3.05) is 25.5 Å². The second-order valence-electron chi connectivity index (χ2n) is 6.06. The zero-order valence-corrected chi connectivity index (χ0v) is 16.9. The number of hydrogen-bond donors (Lipinski definition) is 1. The maximum absolute atomic E-state index is 12.8. The number of carbonyl (C=O) groups is 1. The van der Waals surface area contributed by atoms with Crippen LogP contribution >= 0.6 is 23.2 Å². The molecular weight excluding hydrogens is 411 g/mol. The van der Waals surface area contributed by atoms with Crippen LogP contribution in [0.15, 0.2) is 41.3 Å². The molecule has 6 nitrogen and oxygen atoms in total. The number of nitrogens with one attached hydrogen (secondary N) is 1. The van der Waals surface area contributed by atoms with Crippen LogP contribution < -0.4 is 10.1 Å². The van der Waals surface area contributed by atoms with Gasteiger partial charge in [-0.1, -0.05) is 23.2 Å². The van der Waals surface area contributed by atoms with Crippen molar-refractivity contribution in [3.63, 3.8) is 0 Å². The first kappa shape index (κ1) is 19.9. The lowest BCUT2D eigenvalue weighted by atomic mass is 10.2. The lowest BCUT2D eigenvalue weighted by molar-refractivity contribution is 0.102. The van der Waals surface area contributed by atoms with Gasteiger partial charge in [-0.25, -0.2) is 8.42 Å². The zero-order valence-electron chi connectivity index (χ0n) is 14.5. The Labute approximate surface area is 168 Å². The van der Waals surface area contributed by atoms with Crippen molar-refractivity contribution in [3.05, 3.63) is 52.0 Å². The molecule has 27 heavy (non-hydrogen) atoms. The number of rotatable bonds is 5. The number of benzene rings is 2. The van der Waals surface area contributed by atoms with Gasteiger partial charge in [-0.2, -0.15) is 4.31 Å². The van der Waals surface area contributed by atoms with Gasteiger partial charge in [-0.05, 0) is 49.2 Å². The van der Waals surface area contributed by atoms with Crippen LogP contribution in [-0.4, -0.2) is 38.8 Å². The maximum atomic E-state index is 12.8. The summed E-state index contributed by atoms with van der Waals surface area (Å²) in [5, 5.41) is 3.20. The SMILES string of the molecule is COc1ccc(Cl)cc1NC(=O)c1ccc(Cl)c(S(=O)(=O)N2CCCC2)c1. The first-order valence-corrected chi connectivity index (χ1v) is 10.5. The summed E-state index contributed by atoms with van der Waals surface area (Å²) < 4.78 is 32.2. The van der Waals surface area contributed by atoms with Crippen molar-refractivity contribution in [2.45, 2.75) is 17.7 Å². The topological polar surface area (TPSA) is 75.7 Å². The summed E-state index contributed by atoms with van der Waals surface area (Å²) in [6, 6.07) is 8.99. The fourth-order valence-corrected chi connectivity index (χ4v) is 5.07. The summed E-state index contributed by atoms with van der Waals surface area (Å²) in [4.78, 5) is 12.6. The van der Waals surface area contributed by atoms with E-state index in [9.17, 15) is 13.2 Å². The molecule has 0 aliphatic carbocycles. The average Bonchev–Trinajstić information content (AvgIpc) is 3.17. The van der Waals surface area contributed by atoms with E-state index >= 15 is 0 Å². The van der Waals surface area contributed by atoms with Gasteiger partial charge in [0.25, 0.3) is 5.91 Å². The van der Waals surface area contributed by atoms with E-state index in [0.717, 1.165) is 12.8 Å². The standard InChI is InChI=1S/C18H18Cl2N2O4S/c1-26-16-7-5-13(19)11-15(16)21-18(23)12-4-6-14(20)17(10-12)27(24,25)22-8-2-3-9-22/h4-7,10-11H,2-3,8-9H2,1H3,(H,21,23). The van der Waals surface area contributed by atoms with Crippen molar-refractivity contribution in [1.82, 2.24) is 4.31 Å². The predicted octanol–water partition coefficient (Wildman–Crippen LogP) is 4.04. The molecule has 2 aromatic rings. The first-order valence-electron chi connectivity index (χ1n) is 8.27. The van der Waals surface area contributed by atoms with Crippen LogP contribution in [0.5, 0.6) is 5.75 Å². The van der Waals surface area contributed by atoms with Crippen molar-refractivity contribution >= 4 is 44.8 Å². The van der Waals surface area contributed by atoms with Gasteiger partial charge in [0.15, 0.2) is 0 Å². The van der Waals surface area contributed by atoms with Crippen molar-refractivity contribution in [1.29, 1.82) is 0 Å². The molecule has 0 aromatic heterocycles. The molecule has 3 rings (SSSR count). The number of sulfonamides is 1. The van der Waals surface area contributed by atoms with Gasteiger partial charge in [0.05, 0.1) is 17.8 Å². The smallest absolute Gasteiger partial charge is 0.255 e. The highest BCUT2D eigenvalue weighted by molar-refractivity contribution is 7.89. The van der Waals surface area contributed by atoms with Crippen LogP contribution in [0.2, 0.25) is 10.0 Å². The molecule has 2 aromatic carbocycles. The summed E-state index contributed by atoms with van der Waals surface area (Å²) >= 11 is 12.1. The van der Waals surface area contributed by atoms with Crippen LogP contribution in [0.4, 0.5) is 5.69 Å². The van der Waals surface area contributed by atoms with Gasteiger partial charge >= 0.3 is 0 Å². The molecule has 1 saturated heterocycles. The molecular formula is C18H18Cl2N2O4S. The zero-order chi connectivity index (χ0) is 19.6. The Morgan fingerprint density at radius 3 is 2.48 bits per heavy atom. The number of anilines is 1. The number of amides is 1. The van der Waals surface area contributed by atoms with Crippen LogP contribution in [-0.2, 0) is 10.0 Å². The first-order chi connectivity index (χ1) is 12.8. The molecule has 1 fully saturated rings. The molecule has 1 amide bonds. The van der Waals surface area contributed by atoms with Crippen LogP contribution in [0, 0.1) is 0 Å². The van der Waals surface area contributed by atoms with Crippen LogP contribution in [0.25, 0.3) is 0 Å². The third-order valence-electron chi connectivity index (χ3n) is 4.29. The lowest BCUT2D eigenvalue weighted by Gasteiger charge is -2.17. The Morgan fingerprint density at radius 2 is 1.81 bits per heavy atom. The Bertz CT molecular complexity index is 973. The number of ether oxygens (including phenoxy) is 1. The Hall–Kier alpha value is -1.80. The van der Waals surface area contributed by atoms with E-state index in [2.05, 4.69) is 5.32 Å². The van der Waals surface area contributed by atoms with E-state index in [-0.39, 0.29) is 15.5 Å². The summed E-state index contributed by atoms with van der Waals surface area (Å²) in [6.07, 6.45) is 1.62. The minimum absolute atomic E-state index is 0.0724. The van der Waals surface area contributed by atoms with E-state index < -0.39 is 15.9 Å². The molecule has 1 N–H and O–H groups in total. The Balaban J connectivity index is 1.92. The predicted molar refractivity (Wildman–Crippen MR) is 105 cm³/mol. The highest BCUT2D eigenvalue weighted by Gasteiger charge is 2.29. The van der Waals surface area contributed by atoms with Gasteiger partial charge in [0.1, 0.15) is 10.6 Å². The van der Waals surface area contributed by atoms with Crippen LogP contribution in [0.1, 0.15) is 23.2 Å². The van der Waals surface area contributed by atoms with Gasteiger partial charge in [0, 0.05) is 23.7 Å². The molecule has 1 aliphatic heterocycles. The summed E-state index contributed by atoms with van der Waals surface area (Å²) in [6.45, 7) is 0.906. The van der Waals surface area contributed by atoms with Crippen molar-refractivity contribution in [3.8, 4) is 5.75 Å². The third-order valence-corrected chi connectivity index (χ3v) is 6.90. The van der Waals surface area contributed by atoms with E-state index in [1.807, 2.05) is 0 Å². The summed E-state index contributed by atoms with van der Waals surface area (Å²) in [5.41, 5.74) is 0.549. The second kappa shape index (κ2) is 8.06. The molecule has 1 heterocycles. The number of carbonyl (C=O) groups excluding carboxylic acids is 1. The molecule has 1 aliphatic rings. The quantitative estimate of drug-likeness (QED) is 0.779. The molecule has 144 valence electrons. The highest BCUT2D eigenvalue weighted by atomic mass is 35.5. The van der Waals surface area contributed by atoms with Crippen molar-refractivity contribution < 1.29 is 17.9 Å². The minimum Gasteiger partial charge on any atom is -0.495 e. The molecule has 9 heteroatoms. The van der Waals surface area contributed by atoms with Gasteiger partial charge in [-0.15, -0.1) is 0 Å². The second-order valence-corrected chi connectivity index (χ2v) is 8.81. The molecule has 0 spiro atoms. The Morgan fingerprint density at radius 1 is 1.11 bits per heavy atom. The largest absolute Gasteiger partial charge is 0.495 e. The van der Waals surface area contributed by atoms with E-state index in [1.54, 1.807) is 18.2 Å². The van der Waals surface area contributed by atoms with Crippen LogP contribution in [0.3, 0.4) is 0 Å². The normalized spacial score (nSPS) is 14.9. The summed E-state index contributed by atoms with van der Waals surface area (Å²) in [5.74, 6) is -0.0586. The maximum Gasteiger partial charge on any atom is 0.255 e. The van der Waals surface area contributed by atoms with E-state index in [0.29, 0.717) is 29.5 Å². The van der Waals surface area contributed by atoms with Crippen molar-refractivity contribution in [2.24, 2.45) is 0 Å². The minimum atomic E-state index is -3.74. The molecule has 0 saturated carbocycles. The molecule has 0 unspecified atom stereocenters. The molecule has 0 radical (unpaired) electrons.